The molecule has 0 aliphatic carbocycles. The van der Waals surface area contributed by atoms with Gasteiger partial charge in [0.15, 0.2) is 0 Å². The molecule has 4 heteroatoms. The van der Waals surface area contributed by atoms with E-state index in [0.717, 1.165) is 31.6 Å². The maximum absolute atomic E-state index is 6.29. The Bertz CT molecular complexity index is 577. The average molecular weight is 257 g/mol. The largest absolute Gasteiger partial charge is 0.493 e. The quantitative estimate of drug-likeness (QED) is 0.911. The maximum atomic E-state index is 6.29. The third-order valence-corrected chi connectivity index (χ3v) is 3.78. The van der Waals surface area contributed by atoms with Gasteiger partial charge in [0, 0.05) is 31.4 Å². The molecule has 2 aromatic rings. The zero-order chi connectivity index (χ0) is 13.2. The molecule has 0 fully saturated rings. The summed E-state index contributed by atoms with van der Waals surface area (Å²) in [6, 6.07) is 8.43. The summed E-state index contributed by atoms with van der Waals surface area (Å²) < 4.78 is 7.42. The molecular formula is C15H19N3O. The SMILES string of the molecule is Cn1nccc1CCC(N)c1ccc2c(c1)CCO2. The first kappa shape index (κ1) is 12.2. The number of ether oxygens (including phenoxy) is 1. The van der Waals surface area contributed by atoms with Crippen molar-refractivity contribution in [1.82, 2.24) is 9.78 Å². The van der Waals surface area contributed by atoms with Gasteiger partial charge < -0.3 is 10.5 Å². The number of benzene rings is 1. The van der Waals surface area contributed by atoms with E-state index in [2.05, 4.69) is 17.2 Å². The smallest absolute Gasteiger partial charge is 0.122 e. The molecule has 2 N–H and O–H groups in total. The van der Waals surface area contributed by atoms with Crippen LogP contribution >= 0.6 is 0 Å². The average Bonchev–Trinajstić information content (AvgIpc) is 3.03. The summed E-state index contributed by atoms with van der Waals surface area (Å²) in [6.07, 6.45) is 4.70. The normalized spacial score (nSPS) is 15.1. The van der Waals surface area contributed by atoms with Crippen LogP contribution in [0.4, 0.5) is 0 Å². The van der Waals surface area contributed by atoms with Gasteiger partial charge >= 0.3 is 0 Å². The number of nitrogens with zero attached hydrogens (tertiary/aromatic N) is 2. The van der Waals surface area contributed by atoms with Gasteiger partial charge in [-0.05, 0) is 36.1 Å². The van der Waals surface area contributed by atoms with E-state index in [0.29, 0.717) is 0 Å². The molecule has 19 heavy (non-hydrogen) atoms. The van der Waals surface area contributed by atoms with E-state index >= 15 is 0 Å². The Hall–Kier alpha value is -1.81. The molecule has 0 bridgehead atoms. The molecule has 1 aromatic heterocycles. The lowest BCUT2D eigenvalue weighted by molar-refractivity contribution is 0.357. The van der Waals surface area contributed by atoms with E-state index in [1.165, 1.54) is 16.8 Å². The maximum Gasteiger partial charge on any atom is 0.122 e. The lowest BCUT2D eigenvalue weighted by Crippen LogP contribution is -2.12. The van der Waals surface area contributed by atoms with Gasteiger partial charge in [-0.25, -0.2) is 0 Å². The Morgan fingerprint density at radius 1 is 1.42 bits per heavy atom. The van der Waals surface area contributed by atoms with Crippen molar-refractivity contribution in [2.75, 3.05) is 6.61 Å². The fourth-order valence-electron chi connectivity index (χ4n) is 2.55. The van der Waals surface area contributed by atoms with Crippen molar-refractivity contribution in [3.63, 3.8) is 0 Å². The first-order valence-electron chi connectivity index (χ1n) is 6.72. The first-order chi connectivity index (χ1) is 9.24. The van der Waals surface area contributed by atoms with E-state index in [1.54, 1.807) is 0 Å². The Morgan fingerprint density at radius 3 is 3.11 bits per heavy atom. The number of rotatable bonds is 4. The second-order valence-electron chi connectivity index (χ2n) is 5.06. The topological polar surface area (TPSA) is 53.1 Å². The Labute approximate surface area is 113 Å². The highest BCUT2D eigenvalue weighted by Gasteiger charge is 2.15. The van der Waals surface area contributed by atoms with Gasteiger partial charge in [0.05, 0.1) is 6.61 Å². The van der Waals surface area contributed by atoms with Gasteiger partial charge in [0.2, 0.25) is 0 Å². The van der Waals surface area contributed by atoms with Crippen LogP contribution in [0.25, 0.3) is 0 Å². The van der Waals surface area contributed by atoms with Crippen molar-refractivity contribution in [3.8, 4) is 5.75 Å². The summed E-state index contributed by atoms with van der Waals surface area (Å²) in [6.45, 7) is 0.795. The van der Waals surface area contributed by atoms with E-state index in [1.807, 2.05) is 30.1 Å². The summed E-state index contributed by atoms with van der Waals surface area (Å²) >= 11 is 0. The molecule has 1 aliphatic rings. The number of hydrogen-bond donors (Lipinski definition) is 1. The molecule has 0 saturated heterocycles. The zero-order valence-electron chi connectivity index (χ0n) is 11.2. The monoisotopic (exact) mass is 257 g/mol. The molecule has 1 aromatic carbocycles. The minimum atomic E-state index is 0.0702. The number of hydrogen-bond acceptors (Lipinski definition) is 3. The van der Waals surface area contributed by atoms with Gasteiger partial charge in [-0.15, -0.1) is 0 Å². The van der Waals surface area contributed by atoms with Gasteiger partial charge in [-0.2, -0.15) is 5.10 Å². The highest BCUT2D eigenvalue weighted by atomic mass is 16.5. The van der Waals surface area contributed by atoms with Crippen molar-refractivity contribution in [2.24, 2.45) is 12.8 Å². The molecular weight excluding hydrogens is 238 g/mol. The Balaban J connectivity index is 1.67. The predicted octanol–water partition coefficient (Wildman–Crippen LogP) is 1.99. The standard InChI is InChI=1S/C15H19N3O/c1-18-13(6-8-17-18)3-4-14(16)11-2-5-15-12(10-11)7-9-19-15/h2,5-6,8,10,14H,3-4,7,9,16H2,1H3. The van der Waals surface area contributed by atoms with Crippen LogP contribution in [-0.2, 0) is 19.9 Å². The molecule has 3 rings (SSSR count). The molecule has 2 heterocycles. The van der Waals surface area contributed by atoms with Crippen LogP contribution in [0.15, 0.2) is 30.5 Å². The molecule has 0 radical (unpaired) electrons. The lowest BCUT2D eigenvalue weighted by Gasteiger charge is -2.13. The predicted molar refractivity (Wildman–Crippen MR) is 74.1 cm³/mol. The van der Waals surface area contributed by atoms with Crippen molar-refractivity contribution in [1.29, 1.82) is 0 Å². The van der Waals surface area contributed by atoms with E-state index < -0.39 is 0 Å². The number of aryl methyl sites for hydroxylation is 2. The second kappa shape index (κ2) is 5.05. The minimum absolute atomic E-state index is 0.0702. The number of aromatic nitrogens is 2. The molecule has 1 atom stereocenters. The Kier molecular flexibility index (Phi) is 3.25. The van der Waals surface area contributed by atoms with E-state index in [-0.39, 0.29) is 6.04 Å². The van der Waals surface area contributed by atoms with Crippen LogP contribution in [0.2, 0.25) is 0 Å². The van der Waals surface area contributed by atoms with Gasteiger partial charge in [-0.3, -0.25) is 4.68 Å². The van der Waals surface area contributed by atoms with Crippen molar-refractivity contribution < 1.29 is 4.74 Å². The number of fused-ring (bicyclic) bond motifs is 1. The summed E-state index contributed by atoms with van der Waals surface area (Å²) in [7, 11) is 1.97. The summed E-state index contributed by atoms with van der Waals surface area (Å²) in [5, 5.41) is 4.17. The third kappa shape index (κ3) is 2.49. The zero-order valence-corrected chi connectivity index (χ0v) is 11.2. The van der Waals surface area contributed by atoms with Crippen LogP contribution in [0.3, 0.4) is 0 Å². The minimum Gasteiger partial charge on any atom is -0.493 e. The molecule has 1 unspecified atom stereocenters. The van der Waals surface area contributed by atoms with Crippen LogP contribution in [0.1, 0.15) is 29.3 Å². The van der Waals surface area contributed by atoms with E-state index in [4.69, 9.17) is 10.5 Å². The Morgan fingerprint density at radius 2 is 2.32 bits per heavy atom. The highest BCUT2D eigenvalue weighted by Crippen LogP contribution is 2.28. The second-order valence-corrected chi connectivity index (χ2v) is 5.06. The van der Waals surface area contributed by atoms with Gasteiger partial charge in [-0.1, -0.05) is 12.1 Å². The van der Waals surface area contributed by atoms with Crippen molar-refractivity contribution in [3.05, 3.63) is 47.3 Å². The van der Waals surface area contributed by atoms with Crippen LogP contribution in [0, 0.1) is 0 Å². The highest BCUT2D eigenvalue weighted by molar-refractivity contribution is 5.40. The van der Waals surface area contributed by atoms with E-state index in [9.17, 15) is 0 Å². The summed E-state index contributed by atoms with van der Waals surface area (Å²) in [5.74, 6) is 1.02. The molecule has 0 saturated carbocycles. The van der Waals surface area contributed by atoms with Gasteiger partial charge in [0.1, 0.15) is 5.75 Å². The molecule has 4 nitrogen and oxygen atoms in total. The van der Waals surface area contributed by atoms with Crippen LogP contribution in [0.5, 0.6) is 5.75 Å². The molecule has 0 amide bonds. The fourth-order valence-corrected chi connectivity index (χ4v) is 2.55. The molecule has 1 aliphatic heterocycles. The van der Waals surface area contributed by atoms with Crippen LogP contribution < -0.4 is 10.5 Å². The fraction of sp³-hybridized carbons (Fsp3) is 0.400. The summed E-state index contributed by atoms with van der Waals surface area (Å²) in [5.41, 5.74) is 9.99. The number of nitrogens with two attached hydrogens (primary N) is 1. The molecule has 100 valence electrons. The van der Waals surface area contributed by atoms with Crippen molar-refractivity contribution in [2.45, 2.75) is 25.3 Å². The lowest BCUT2D eigenvalue weighted by atomic mass is 9.99. The molecule has 0 spiro atoms. The summed E-state index contributed by atoms with van der Waals surface area (Å²) in [4.78, 5) is 0. The van der Waals surface area contributed by atoms with Gasteiger partial charge in [0.25, 0.3) is 0 Å². The third-order valence-electron chi connectivity index (χ3n) is 3.78. The van der Waals surface area contributed by atoms with Crippen molar-refractivity contribution >= 4 is 0 Å². The first-order valence-corrected chi connectivity index (χ1v) is 6.72. The van der Waals surface area contributed by atoms with Crippen LogP contribution in [-0.4, -0.2) is 16.4 Å².